The smallest absolute Gasteiger partial charge is 0.141 e. The van der Waals surface area contributed by atoms with Crippen molar-refractivity contribution in [1.82, 2.24) is 9.97 Å². The van der Waals surface area contributed by atoms with Crippen molar-refractivity contribution in [3.63, 3.8) is 0 Å². The first-order valence-corrected chi connectivity index (χ1v) is 7.41. The van der Waals surface area contributed by atoms with Gasteiger partial charge in [0.15, 0.2) is 0 Å². The van der Waals surface area contributed by atoms with Gasteiger partial charge < -0.3 is 10.6 Å². The van der Waals surface area contributed by atoms with Crippen LogP contribution in [0.5, 0.6) is 0 Å². The Bertz CT molecular complexity index is 669. The van der Waals surface area contributed by atoms with Crippen LogP contribution < -0.4 is 10.6 Å². The third kappa shape index (κ3) is 2.71. The Labute approximate surface area is 126 Å². The first-order chi connectivity index (χ1) is 9.95. The summed E-state index contributed by atoms with van der Waals surface area (Å²) in [6.07, 6.45) is 2.35. The Hall–Kier alpha value is -2.10. The summed E-state index contributed by atoms with van der Waals surface area (Å²) in [5, 5.41) is 0. The average molecular weight is 282 g/mol. The van der Waals surface area contributed by atoms with E-state index >= 15 is 0 Å². The average Bonchev–Trinajstić information content (AvgIpc) is 3.24. The fourth-order valence-electron chi connectivity index (χ4n) is 2.66. The number of nitrogens with zero attached hydrogens (tertiary/aromatic N) is 3. The fraction of sp³-hybridized carbons (Fsp3) is 0.412. The highest BCUT2D eigenvalue weighted by Gasteiger charge is 2.28. The van der Waals surface area contributed by atoms with Crippen LogP contribution in [0.2, 0.25) is 0 Å². The molecule has 1 fully saturated rings. The van der Waals surface area contributed by atoms with Crippen LogP contribution in [0.1, 0.15) is 41.3 Å². The normalized spacial score (nSPS) is 14.3. The van der Waals surface area contributed by atoms with Gasteiger partial charge in [0.05, 0.1) is 0 Å². The van der Waals surface area contributed by atoms with Crippen molar-refractivity contribution < 1.29 is 0 Å². The van der Waals surface area contributed by atoms with E-state index in [0.717, 1.165) is 22.9 Å². The molecule has 1 saturated carbocycles. The van der Waals surface area contributed by atoms with Gasteiger partial charge in [0.25, 0.3) is 0 Å². The Kier molecular flexibility index (Phi) is 3.32. The molecule has 1 aromatic carbocycles. The second-order valence-corrected chi connectivity index (χ2v) is 6.09. The molecule has 1 aliphatic carbocycles. The lowest BCUT2D eigenvalue weighted by molar-refractivity contribution is 0.910. The van der Waals surface area contributed by atoms with Crippen LogP contribution in [-0.2, 0) is 0 Å². The predicted octanol–water partition coefficient (Wildman–Crippen LogP) is 3.63. The van der Waals surface area contributed by atoms with Gasteiger partial charge in [-0.2, -0.15) is 0 Å². The third-order valence-electron chi connectivity index (χ3n) is 4.03. The summed E-state index contributed by atoms with van der Waals surface area (Å²) in [5.74, 6) is 2.90. The van der Waals surface area contributed by atoms with E-state index in [2.05, 4.69) is 41.9 Å². The van der Waals surface area contributed by atoms with Crippen LogP contribution in [0, 0.1) is 20.8 Å². The minimum Gasteiger partial charge on any atom is -0.383 e. The molecule has 0 bridgehead atoms. The molecule has 1 aliphatic rings. The Morgan fingerprint density at radius 2 is 1.67 bits per heavy atom. The number of nitrogens with two attached hydrogens (primary N) is 1. The molecule has 110 valence electrons. The summed E-state index contributed by atoms with van der Waals surface area (Å²) < 4.78 is 0. The fourth-order valence-corrected chi connectivity index (χ4v) is 2.66. The molecule has 21 heavy (non-hydrogen) atoms. The van der Waals surface area contributed by atoms with Crippen molar-refractivity contribution in [3.05, 3.63) is 40.7 Å². The summed E-state index contributed by atoms with van der Waals surface area (Å²) in [6.45, 7) is 6.21. The summed E-state index contributed by atoms with van der Waals surface area (Å²) >= 11 is 0. The van der Waals surface area contributed by atoms with Crippen LogP contribution >= 0.6 is 0 Å². The highest BCUT2D eigenvalue weighted by Crippen LogP contribution is 2.40. The van der Waals surface area contributed by atoms with Gasteiger partial charge in [0.2, 0.25) is 0 Å². The second-order valence-electron chi connectivity index (χ2n) is 6.09. The number of benzene rings is 1. The predicted molar refractivity (Wildman–Crippen MR) is 87.1 cm³/mol. The number of aryl methyl sites for hydroxylation is 2. The lowest BCUT2D eigenvalue weighted by Crippen LogP contribution is -2.16. The van der Waals surface area contributed by atoms with Gasteiger partial charge in [0.1, 0.15) is 17.5 Å². The zero-order chi connectivity index (χ0) is 15.1. The number of nitrogen functional groups attached to an aromatic ring is 1. The minimum absolute atomic E-state index is 0.499. The van der Waals surface area contributed by atoms with Crippen molar-refractivity contribution in [2.45, 2.75) is 39.5 Å². The number of rotatable bonds is 3. The number of anilines is 3. The molecule has 2 N–H and O–H groups in total. The maximum absolute atomic E-state index is 6.08. The molecule has 4 nitrogen and oxygen atoms in total. The quantitative estimate of drug-likeness (QED) is 0.934. The maximum Gasteiger partial charge on any atom is 0.141 e. The topological polar surface area (TPSA) is 55.0 Å². The summed E-state index contributed by atoms with van der Waals surface area (Å²) in [6, 6.07) is 6.51. The molecule has 4 heteroatoms. The maximum atomic E-state index is 6.08. The SMILES string of the molecule is Cc1cc(C)cc(N(C)c2nc(C3CC3)nc(N)c2C)c1. The molecular weight excluding hydrogens is 260 g/mol. The van der Waals surface area contributed by atoms with Crippen molar-refractivity contribution in [1.29, 1.82) is 0 Å². The van der Waals surface area contributed by atoms with Gasteiger partial charge in [-0.05, 0) is 56.9 Å². The molecule has 1 aromatic heterocycles. The van der Waals surface area contributed by atoms with Gasteiger partial charge in [-0.15, -0.1) is 0 Å². The van der Waals surface area contributed by atoms with Crippen LogP contribution in [0.25, 0.3) is 0 Å². The summed E-state index contributed by atoms with van der Waals surface area (Å²) in [7, 11) is 2.04. The first kappa shape index (κ1) is 13.9. The number of hydrogen-bond acceptors (Lipinski definition) is 4. The minimum atomic E-state index is 0.499. The van der Waals surface area contributed by atoms with E-state index in [1.54, 1.807) is 0 Å². The van der Waals surface area contributed by atoms with Crippen molar-refractivity contribution in [3.8, 4) is 0 Å². The lowest BCUT2D eigenvalue weighted by Gasteiger charge is -2.22. The van der Waals surface area contributed by atoms with Gasteiger partial charge in [-0.3, -0.25) is 0 Å². The monoisotopic (exact) mass is 282 g/mol. The lowest BCUT2D eigenvalue weighted by atomic mass is 10.1. The summed E-state index contributed by atoms with van der Waals surface area (Å²) in [4.78, 5) is 11.3. The van der Waals surface area contributed by atoms with E-state index in [9.17, 15) is 0 Å². The van der Waals surface area contributed by atoms with E-state index in [1.807, 2.05) is 14.0 Å². The highest BCUT2D eigenvalue weighted by molar-refractivity contribution is 5.67. The largest absolute Gasteiger partial charge is 0.383 e. The van der Waals surface area contributed by atoms with Gasteiger partial charge >= 0.3 is 0 Å². The van der Waals surface area contributed by atoms with Crippen molar-refractivity contribution in [2.24, 2.45) is 0 Å². The van der Waals surface area contributed by atoms with E-state index in [-0.39, 0.29) is 0 Å². The molecule has 0 spiro atoms. The zero-order valence-electron chi connectivity index (χ0n) is 13.1. The number of hydrogen-bond donors (Lipinski definition) is 1. The van der Waals surface area contributed by atoms with Gasteiger partial charge in [0, 0.05) is 24.2 Å². The Morgan fingerprint density at radius 3 is 2.24 bits per heavy atom. The molecule has 2 aromatic rings. The molecular formula is C17H22N4. The first-order valence-electron chi connectivity index (χ1n) is 7.41. The van der Waals surface area contributed by atoms with Crippen molar-refractivity contribution >= 4 is 17.3 Å². The van der Waals surface area contributed by atoms with Crippen molar-refractivity contribution in [2.75, 3.05) is 17.7 Å². The zero-order valence-corrected chi connectivity index (χ0v) is 13.1. The standard InChI is InChI=1S/C17H22N4/c1-10-7-11(2)9-14(8-10)21(4)17-12(3)15(18)19-16(20-17)13-5-6-13/h7-9,13H,5-6H2,1-4H3,(H2,18,19,20). The van der Waals surface area contributed by atoms with E-state index < -0.39 is 0 Å². The van der Waals surface area contributed by atoms with E-state index in [4.69, 9.17) is 10.7 Å². The van der Waals surface area contributed by atoms with Crippen LogP contribution in [0.3, 0.4) is 0 Å². The van der Waals surface area contributed by atoms with Crippen LogP contribution in [0.4, 0.5) is 17.3 Å². The molecule has 0 amide bonds. The van der Waals surface area contributed by atoms with Crippen LogP contribution in [-0.4, -0.2) is 17.0 Å². The van der Waals surface area contributed by atoms with Crippen LogP contribution in [0.15, 0.2) is 18.2 Å². The van der Waals surface area contributed by atoms with E-state index in [0.29, 0.717) is 11.7 Å². The molecule has 0 aliphatic heterocycles. The van der Waals surface area contributed by atoms with E-state index in [1.165, 1.54) is 24.0 Å². The third-order valence-corrected chi connectivity index (χ3v) is 4.03. The van der Waals surface area contributed by atoms with Gasteiger partial charge in [-0.25, -0.2) is 9.97 Å². The molecule has 0 atom stereocenters. The molecule has 3 rings (SSSR count). The van der Waals surface area contributed by atoms with Gasteiger partial charge in [-0.1, -0.05) is 6.07 Å². The second kappa shape index (κ2) is 5.02. The Morgan fingerprint density at radius 1 is 1.05 bits per heavy atom. The molecule has 1 heterocycles. The number of aromatic nitrogens is 2. The Balaban J connectivity index is 2.05. The summed E-state index contributed by atoms with van der Waals surface area (Å²) in [5.41, 5.74) is 10.7. The molecule has 0 unspecified atom stereocenters. The molecule has 0 radical (unpaired) electrons. The molecule has 0 saturated heterocycles. The highest BCUT2D eigenvalue weighted by atomic mass is 15.2.